The van der Waals surface area contributed by atoms with Crippen molar-refractivity contribution in [1.82, 2.24) is 8.61 Å². The molecule has 0 unspecified atom stereocenters. The van der Waals surface area contributed by atoms with Gasteiger partial charge in [-0.1, -0.05) is 72.8 Å². The van der Waals surface area contributed by atoms with Crippen LogP contribution >= 0.6 is 0 Å². The molecule has 4 atom stereocenters. The maximum atomic E-state index is 14.9. The van der Waals surface area contributed by atoms with Crippen LogP contribution in [0.5, 0.6) is 11.5 Å². The summed E-state index contributed by atoms with van der Waals surface area (Å²) in [5, 5.41) is 23.5. The van der Waals surface area contributed by atoms with Gasteiger partial charge in [0.25, 0.3) is 10.2 Å². The monoisotopic (exact) mass is 658 g/mol. The normalized spacial score (nSPS) is 21.4. The van der Waals surface area contributed by atoms with Crippen LogP contribution in [0.2, 0.25) is 0 Å². The SMILES string of the molecule is CC(=O)c1cccc(CN2[C@@H](COc3ccccc3)[C@@H](O)[C@H](O)[C@H](COc3ccccc3)N(Cc3cccc(C(C)=O)c3)S2(=O)=O)c1. The van der Waals surface area contributed by atoms with E-state index in [2.05, 4.69) is 0 Å². The second-order valence-corrected chi connectivity index (χ2v) is 13.3. The maximum Gasteiger partial charge on any atom is 0.283 e. The van der Waals surface area contributed by atoms with Crippen LogP contribution in [-0.2, 0) is 23.3 Å². The van der Waals surface area contributed by atoms with Gasteiger partial charge in [-0.15, -0.1) is 0 Å². The van der Waals surface area contributed by atoms with Crippen LogP contribution in [0, 0.1) is 0 Å². The first-order valence-corrected chi connectivity index (χ1v) is 16.6. The van der Waals surface area contributed by atoms with Crippen molar-refractivity contribution in [3.8, 4) is 11.5 Å². The Balaban J connectivity index is 1.60. The molecular formula is C36H38N2O8S. The standard InChI is InChI=1S/C36H38N2O8S/c1-25(39)29-13-9-11-27(19-29)21-37-33(23-45-31-15-5-3-6-16-31)35(41)36(42)34(24-46-32-17-7-4-8-18-32)38(47(37,43)44)22-28-12-10-14-30(20-28)26(2)40/h3-20,33-36,41-42H,21-24H2,1-2H3/t33-,34-,35+,36+/m0/s1. The Morgan fingerprint density at radius 2 is 1.00 bits per heavy atom. The molecule has 0 amide bonds. The van der Waals surface area contributed by atoms with Gasteiger partial charge in [0.05, 0.1) is 12.1 Å². The van der Waals surface area contributed by atoms with Crippen molar-refractivity contribution in [3.63, 3.8) is 0 Å². The average molecular weight is 659 g/mol. The fraction of sp³-hybridized carbons (Fsp3) is 0.278. The summed E-state index contributed by atoms with van der Waals surface area (Å²) in [5.74, 6) is 0.539. The van der Waals surface area contributed by atoms with Gasteiger partial charge in [-0.05, 0) is 61.4 Å². The molecule has 4 aromatic carbocycles. The predicted octanol–water partition coefficient (Wildman–Crippen LogP) is 4.27. The second-order valence-electron chi connectivity index (χ2n) is 11.5. The summed E-state index contributed by atoms with van der Waals surface area (Å²) in [7, 11) is -4.52. The molecule has 47 heavy (non-hydrogen) atoms. The van der Waals surface area contributed by atoms with E-state index in [-0.39, 0.29) is 37.9 Å². The van der Waals surface area contributed by atoms with Gasteiger partial charge in [0.1, 0.15) is 36.9 Å². The molecule has 0 radical (unpaired) electrons. The van der Waals surface area contributed by atoms with Crippen molar-refractivity contribution in [3.05, 3.63) is 131 Å². The van der Waals surface area contributed by atoms with Crippen molar-refractivity contribution >= 4 is 21.8 Å². The molecule has 246 valence electrons. The maximum absolute atomic E-state index is 14.9. The van der Waals surface area contributed by atoms with E-state index in [1.807, 2.05) is 12.1 Å². The first kappa shape index (κ1) is 34.0. The van der Waals surface area contributed by atoms with E-state index in [0.717, 1.165) is 8.61 Å². The second kappa shape index (κ2) is 15.0. The molecule has 0 aliphatic carbocycles. The number of Topliss-reactive ketones (excluding diaryl/α,β-unsaturated/α-hetero) is 2. The zero-order valence-electron chi connectivity index (χ0n) is 26.2. The smallest absolute Gasteiger partial charge is 0.283 e. The number of hydrogen-bond donors (Lipinski definition) is 2. The predicted molar refractivity (Wildman–Crippen MR) is 176 cm³/mol. The van der Waals surface area contributed by atoms with E-state index in [0.29, 0.717) is 33.8 Å². The number of rotatable bonds is 12. The molecule has 0 saturated carbocycles. The minimum atomic E-state index is -4.52. The van der Waals surface area contributed by atoms with Crippen LogP contribution in [0.15, 0.2) is 109 Å². The average Bonchev–Trinajstić information content (AvgIpc) is 3.12. The van der Waals surface area contributed by atoms with Crippen molar-refractivity contribution < 1.29 is 37.7 Å². The number of carbonyl (C=O) groups excluding carboxylic acids is 2. The molecule has 11 heteroatoms. The van der Waals surface area contributed by atoms with E-state index in [1.54, 1.807) is 97.1 Å². The number of ketones is 2. The molecule has 2 N–H and O–H groups in total. The van der Waals surface area contributed by atoms with Gasteiger partial charge in [0.15, 0.2) is 11.6 Å². The van der Waals surface area contributed by atoms with Crippen LogP contribution < -0.4 is 9.47 Å². The van der Waals surface area contributed by atoms with Gasteiger partial charge in [-0.3, -0.25) is 9.59 Å². The zero-order valence-corrected chi connectivity index (χ0v) is 27.0. The highest BCUT2D eigenvalue weighted by Gasteiger charge is 2.51. The molecular weight excluding hydrogens is 620 g/mol. The third kappa shape index (κ3) is 8.13. The molecule has 0 bridgehead atoms. The lowest BCUT2D eigenvalue weighted by Gasteiger charge is -2.34. The van der Waals surface area contributed by atoms with E-state index in [4.69, 9.17) is 9.47 Å². The topological polar surface area (TPSA) is 134 Å². The minimum absolute atomic E-state index is 0.185. The third-order valence-corrected chi connectivity index (χ3v) is 10.1. The lowest BCUT2D eigenvalue weighted by molar-refractivity contribution is -0.0565. The number of carbonyl (C=O) groups is 2. The molecule has 1 heterocycles. The number of ether oxygens (including phenoxy) is 2. The number of aliphatic hydroxyl groups excluding tert-OH is 2. The summed E-state index contributed by atoms with van der Waals surface area (Å²) in [6.45, 7) is 1.82. The van der Waals surface area contributed by atoms with Crippen molar-refractivity contribution in [2.24, 2.45) is 0 Å². The largest absolute Gasteiger partial charge is 0.492 e. The quantitative estimate of drug-likeness (QED) is 0.216. The highest BCUT2D eigenvalue weighted by molar-refractivity contribution is 7.86. The molecule has 10 nitrogen and oxygen atoms in total. The third-order valence-electron chi connectivity index (χ3n) is 8.14. The van der Waals surface area contributed by atoms with Crippen molar-refractivity contribution in [2.75, 3.05) is 13.2 Å². The highest BCUT2D eigenvalue weighted by Crippen LogP contribution is 2.32. The summed E-state index contributed by atoms with van der Waals surface area (Å²) < 4.78 is 44.0. The van der Waals surface area contributed by atoms with Gasteiger partial charge in [-0.2, -0.15) is 17.0 Å². The number of aliphatic hydroxyl groups is 2. The Morgan fingerprint density at radius 3 is 1.36 bits per heavy atom. The van der Waals surface area contributed by atoms with Crippen LogP contribution in [0.1, 0.15) is 45.7 Å². The lowest BCUT2D eigenvalue weighted by Crippen LogP contribution is -2.52. The number of para-hydroxylation sites is 2. The molecule has 1 aliphatic rings. The van der Waals surface area contributed by atoms with Crippen LogP contribution in [-0.4, -0.2) is 76.3 Å². The first-order valence-electron chi connectivity index (χ1n) is 15.2. The number of benzene rings is 4. The first-order chi connectivity index (χ1) is 22.5. The Bertz CT molecular complexity index is 1660. The van der Waals surface area contributed by atoms with E-state index in [1.165, 1.54) is 13.8 Å². The summed E-state index contributed by atoms with van der Waals surface area (Å²) >= 11 is 0. The van der Waals surface area contributed by atoms with Gasteiger partial charge in [0.2, 0.25) is 0 Å². The minimum Gasteiger partial charge on any atom is -0.492 e. The van der Waals surface area contributed by atoms with E-state index >= 15 is 0 Å². The summed E-state index contributed by atoms with van der Waals surface area (Å²) in [6, 6.07) is 28.3. The van der Waals surface area contributed by atoms with Crippen LogP contribution in [0.4, 0.5) is 0 Å². The van der Waals surface area contributed by atoms with Crippen molar-refractivity contribution in [1.29, 1.82) is 0 Å². The van der Waals surface area contributed by atoms with E-state index < -0.39 is 34.5 Å². The molecule has 0 aromatic heterocycles. The molecule has 1 saturated heterocycles. The number of nitrogens with zero attached hydrogens (tertiary/aromatic N) is 2. The molecule has 0 spiro atoms. The van der Waals surface area contributed by atoms with Gasteiger partial charge < -0.3 is 19.7 Å². The molecule has 4 aromatic rings. The summed E-state index contributed by atoms with van der Waals surface area (Å²) in [4.78, 5) is 24.4. The number of hydrogen-bond acceptors (Lipinski definition) is 8. The van der Waals surface area contributed by atoms with Crippen LogP contribution in [0.3, 0.4) is 0 Å². The lowest BCUT2D eigenvalue weighted by atomic mass is 9.98. The summed E-state index contributed by atoms with van der Waals surface area (Å²) in [5.41, 5.74) is 1.81. The van der Waals surface area contributed by atoms with Crippen molar-refractivity contribution in [2.45, 2.75) is 51.2 Å². The highest BCUT2D eigenvalue weighted by atomic mass is 32.2. The van der Waals surface area contributed by atoms with Crippen LogP contribution in [0.25, 0.3) is 0 Å². The fourth-order valence-electron chi connectivity index (χ4n) is 5.57. The molecule has 1 aliphatic heterocycles. The Kier molecular flexibility index (Phi) is 10.8. The van der Waals surface area contributed by atoms with E-state index in [9.17, 15) is 28.2 Å². The Hall–Kier alpha value is -4.39. The zero-order chi connectivity index (χ0) is 33.6. The molecule has 1 fully saturated rings. The summed E-state index contributed by atoms with van der Waals surface area (Å²) in [6.07, 6.45) is -3.22. The fourth-order valence-corrected chi connectivity index (χ4v) is 7.52. The Morgan fingerprint density at radius 1 is 0.617 bits per heavy atom. The molecule has 5 rings (SSSR count). The van der Waals surface area contributed by atoms with Gasteiger partial charge >= 0.3 is 0 Å². The van der Waals surface area contributed by atoms with Gasteiger partial charge in [-0.25, -0.2) is 0 Å². The Labute approximate surface area is 275 Å². The van der Waals surface area contributed by atoms with Gasteiger partial charge in [0, 0.05) is 24.2 Å².